The normalized spacial score (nSPS) is 11.0. The van der Waals surface area contributed by atoms with E-state index in [1.165, 1.54) is 173 Å². The van der Waals surface area contributed by atoms with Crippen LogP contribution in [0.1, 0.15) is 265 Å². The largest absolute Gasteiger partial charge is 0.481 e. The lowest BCUT2D eigenvalue weighted by atomic mass is 10.0. The monoisotopic (exact) mass is 765 g/mol. The van der Waals surface area contributed by atoms with E-state index in [1.54, 1.807) is 0 Å². The van der Waals surface area contributed by atoms with Gasteiger partial charge in [-0.05, 0) is 51.4 Å². The summed E-state index contributed by atoms with van der Waals surface area (Å²) in [6, 6.07) is 0. The molecule has 0 amide bonds. The van der Waals surface area contributed by atoms with Crippen molar-refractivity contribution in [2.75, 3.05) is 0 Å². The Kier molecular flexibility index (Phi) is 55.2. The zero-order valence-corrected chi connectivity index (χ0v) is 36.2. The summed E-state index contributed by atoms with van der Waals surface area (Å²) in [4.78, 5) is 30.9. The van der Waals surface area contributed by atoms with E-state index in [0.29, 0.717) is 19.3 Å². The van der Waals surface area contributed by atoms with Crippen LogP contribution < -0.4 is 0 Å². The molecule has 0 aromatic heterocycles. The van der Waals surface area contributed by atoms with Gasteiger partial charge in [0.25, 0.3) is 0 Å². The summed E-state index contributed by atoms with van der Waals surface area (Å²) < 4.78 is 0. The fraction of sp³-hybridized carbons (Fsp3) is 0.854. The Morgan fingerprint density at radius 1 is 0.296 bits per heavy atom. The second-order valence-electron chi connectivity index (χ2n) is 15.4. The van der Waals surface area contributed by atoms with Crippen LogP contribution in [0.2, 0.25) is 0 Å². The van der Waals surface area contributed by atoms with E-state index in [1.807, 2.05) is 0 Å². The molecule has 6 nitrogen and oxygen atoms in total. The minimum Gasteiger partial charge on any atom is -0.481 e. The fourth-order valence-electron chi connectivity index (χ4n) is 6.32. The lowest BCUT2D eigenvalue weighted by molar-refractivity contribution is -0.138. The highest BCUT2D eigenvalue weighted by atomic mass is 16.4. The number of aliphatic carboxylic acids is 3. The van der Waals surface area contributed by atoms with Crippen LogP contribution in [0.25, 0.3) is 0 Å². The predicted octanol–water partition coefficient (Wildman–Crippen LogP) is 16.2. The van der Waals surface area contributed by atoms with Crippen LogP contribution in [-0.4, -0.2) is 33.2 Å². The average Bonchev–Trinajstić information content (AvgIpc) is 3.14. The van der Waals surface area contributed by atoms with E-state index in [4.69, 9.17) is 15.3 Å². The number of allylic oxidation sites excluding steroid dienone is 4. The van der Waals surface area contributed by atoms with Crippen molar-refractivity contribution in [3.63, 3.8) is 0 Å². The van der Waals surface area contributed by atoms with Crippen LogP contribution in [0.15, 0.2) is 24.3 Å². The molecule has 0 atom stereocenters. The maximum absolute atomic E-state index is 10.3. The predicted molar refractivity (Wildman–Crippen MR) is 234 cm³/mol. The summed E-state index contributed by atoms with van der Waals surface area (Å²) in [6.45, 7) is 6.73. The zero-order valence-electron chi connectivity index (χ0n) is 36.2. The summed E-state index contributed by atoms with van der Waals surface area (Å²) in [6.07, 6.45) is 54.0. The molecule has 0 unspecified atom stereocenters. The molecule has 0 spiro atoms. The smallest absolute Gasteiger partial charge is 0.303 e. The molecule has 54 heavy (non-hydrogen) atoms. The standard InChI is InChI=1S/C18H36O2.C18H32O2.C12H24O2/c2*1-2-3-4-5-6-7-8-9-10-11-12-13-14-15-16-17-18(19)20;1-2-3-4-5-6-7-8-9-10-11-12(13)14/h2-17H2,1H3,(H,19,20);6-7,9-10H,2-5,8,11-17H2,1H3,(H,19,20);2-11H2,1H3,(H,13,14)/b;7-6-,10-9-;. The molecule has 0 saturated heterocycles. The Bertz CT molecular complexity index is 805. The average molecular weight is 765 g/mol. The van der Waals surface area contributed by atoms with Gasteiger partial charge in [-0.1, -0.05) is 218 Å². The summed E-state index contributed by atoms with van der Waals surface area (Å²) in [7, 11) is 0. The van der Waals surface area contributed by atoms with E-state index in [-0.39, 0.29) is 0 Å². The number of rotatable bonds is 40. The molecule has 0 radical (unpaired) electrons. The summed E-state index contributed by atoms with van der Waals surface area (Å²) in [5.74, 6) is -1.98. The maximum atomic E-state index is 10.3. The molecule has 0 fully saturated rings. The first-order chi connectivity index (χ1) is 26.3. The Labute approximate surface area is 335 Å². The van der Waals surface area contributed by atoms with Gasteiger partial charge in [-0.25, -0.2) is 0 Å². The van der Waals surface area contributed by atoms with E-state index >= 15 is 0 Å². The maximum Gasteiger partial charge on any atom is 0.303 e. The summed E-state index contributed by atoms with van der Waals surface area (Å²) in [5.41, 5.74) is 0. The third-order valence-corrected chi connectivity index (χ3v) is 9.83. The first kappa shape index (κ1) is 56.2. The zero-order chi connectivity index (χ0) is 40.4. The second kappa shape index (κ2) is 53.0. The first-order valence-electron chi connectivity index (χ1n) is 23.3. The molecule has 320 valence electrons. The van der Waals surface area contributed by atoms with E-state index < -0.39 is 17.9 Å². The highest BCUT2D eigenvalue weighted by molar-refractivity contribution is 5.67. The van der Waals surface area contributed by atoms with Crippen LogP contribution in [0.4, 0.5) is 0 Å². The Morgan fingerprint density at radius 2 is 0.500 bits per heavy atom. The van der Waals surface area contributed by atoms with E-state index in [2.05, 4.69) is 45.1 Å². The van der Waals surface area contributed by atoms with Crippen LogP contribution in [-0.2, 0) is 14.4 Å². The third-order valence-electron chi connectivity index (χ3n) is 9.83. The number of unbranched alkanes of at least 4 members (excludes halogenated alkanes) is 30. The molecule has 0 heterocycles. The minimum absolute atomic E-state index is 0.324. The quantitative estimate of drug-likeness (QED) is 0.0423. The molecular formula is C48H92O6. The summed E-state index contributed by atoms with van der Waals surface area (Å²) >= 11 is 0. The number of hydrogen-bond acceptors (Lipinski definition) is 3. The van der Waals surface area contributed by atoms with Crippen molar-refractivity contribution in [1.29, 1.82) is 0 Å². The van der Waals surface area contributed by atoms with Crippen LogP contribution in [0, 0.1) is 0 Å². The van der Waals surface area contributed by atoms with Crippen LogP contribution in [0.5, 0.6) is 0 Å². The molecule has 6 heteroatoms. The SMILES string of the molecule is CCCCC/C=C\C/C=C\CCCCCCCC(=O)O.CCCCCCCCCCCC(=O)O.CCCCCCCCCCCCCCCCCC(=O)O. The first-order valence-corrected chi connectivity index (χ1v) is 23.3. The van der Waals surface area contributed by atoms with Gasteiger partial charge in [0.15, 0.2) is 0 Å². The van der Waals surface area contributed by atoms with Crippen LogP contribution >= 0.6 is 0 Å². The highest BCUT2D eigenvalue weighted by Crippen LogP contribution is 2.14. The van der Waals surface area contributed by atoms with Crippen molar-refractivity contribution in [1.82, 2.24) is 0 Å². The number of carboxylic acids is 3. The molecule has 0 aromatic rings. The molecule has 3 N–H and O–H groups in total. The van der Waals surface area contributed by atoms with Gasteiger partial charge in [0.2, 0.25) is 0 Å². The Balaban J connectivity index is -0.000000736. The van der Waals surface area contributed by atoms with Crippen molar-refractivity contribution < 1.29 is 29.7 Å². The second-order valence-corrected chi connectivity index (χ2v) is 15.4. The van der Waals surface area contributed by atoms with Crippen molar-refractivity contribution >= 4 is 17.9 Å². The van der Waals surface area contributed by atoms with Gasteiger partial charge in [0.05, 0.1) is 0 Å². The molecule has 0 aliphatic heterocycles. The highest BCUT2D eigenvalue weighted by Gasteiger charge is 1.99. The molecule has 0 aliphatic rings. The lowest BCUT2D eigenvalue weighted by Crippen LogP contribution is -1.93. The van der Waals surface area contributed by atoms with E-state index in [0.717, 1.165) is 51.4 Å². The van der Waals surface area contributed by atoms with Gasteiger partial charge >= 0.3 is 17.9 Å². The van der Waals surface area contributed by atoms with Gasteiger partial charge in [0, 0.05) is 19.3 Å². The minimum atomic E-state index is -0.671. The molecule has 0 rings (SSSR count). The molecule has 0 aromatic carbocycles. The van der Waals surface area contributed by atoms with Gasteiger partial charge in [-0.15, -0.1) is 0 Å². The third kappa shape index (κ3) is 64.8. The van der Waals surface area contributed by atoms with Crippen molar-refractivity contribution in [3.8, 4) is 0 Å². The topological polar surface area (TPSA) is 112 Å². The lowest BCUT2D eigenvalue weighted by Gasteiger charge is -2.03. The number of carboxylic acid groups (broad SMARTS) is 3. The van der Waals surface area contributed by atoms with Gasteiger partial charge in [0.1, 0.15) is 0 Å². The Morgan fingerprint density at radius 3 is 0.759 bits per heavy atom. The molecule has 0 bridgehead atoms. The molecular weight excluding hydrogens is 673 g/mol. The number of carbonyl (C=O) groups is 3. The van der Waals surface area contributed by atoms with Crippen molar-refractivity contribution in [2.45, 2.75) is 265 Å². The fourth-order valence-corrected chi connectivity index (χ4v) is 6.32. The Hall–Kier alpha value is -2.11. The molecule has 0 aliphatic carbocycles. The van der Waals surface area contributed by atoms with Crippen molar-refractivity contribution in [3.05, 3.63) is 24.3 Å². The van der Waals surface area contributed by atoms with E-state index in [9.17, 15) is 14.4 Å². The number of hydrogen-bond donors (Lipinski definition) is 3. The van der Waals surface area contributed by atoms with Gasteiger partial charge in [-0.2, -0.15) is 0 Å². The summed E-state index contributed by atoms with van der Waals surface area (Å²) in [5, 5.41) is 25.4. The van der Waals surface area contributed by atoms with Gasteiger partial charge in [-0.3, -0.25) is 14.4 Å². The van der Waals surface area contributed by atoms with Crippen molar-refractivity contribution in [2.24, 2.45) is 0 Å². The van der Waals surface area contributed by atoms with Gasteiger partial charge < -0.3 is 15.3 Å². The molecule has 0 saturated carbocycles. The van der Waals surface area contributed by atoms with Crippen LogP contribution in [0.3, 0.4) is 0 Å².